The van der Waals surface area contributed by atoms with Crippen LogP contribution in [0.4, 0.5) is 0 Å². The topological polar surface area (TPSA) is 16.6 Å². The van der Waals surface area contributed by atoms with Gasteiger partial charge in [-0.25, -0.2) is 0 Å². The monoisotopic (exact) mass is 419 g/mol. The molecular weight excluding hydrogens is 370 g/mol. The van der Waals surface area contributed by atoms with Crippen LogP contribution in [0.3, 0.4) is 0 Å². The van der Waals surface area contributed by atoms with E-state index in [1.54, 1.807) is 0 Å². The molecule has 0 spiro atoms. The summed E-state index contributed by atoms with van der Waals surface area (Å²) in [5, 5.41) is 2.56. The van der Waals surface area contributed by atoms with Crippen molar-refractivity contribution in [3.05, 3.63) is 0 Å². The van der Waals surface area contributed by atoms with Crippen LogP contribution in [0.5, 0.6) is 0 Å². The predicted octanol–water partition coefficient (Wildman–Crippen LogP) is 4.01. The quantitative estimate of drug-likeness (QED) is 0.270. The van der Waals surface area contributed by atoms with E-state index in [4.69, 9.17) is 0 Å². The van der Waals surface area contributed by atoms with Gasteiger partial charge < -0.3 is 22.3 Å². The molecule has 1 nitrogen and oxygen atoms in total. The molecule has 0 aromatic heterocycles. The fourth-order valence-corrected chi connectivity index (χ4v) is 3.52. The zero-order valence-corrected chi connectivity index (χ0v) is 19.4. The molecule has 0 aromatic carbocycles. The average molecular weight is 421 g/mol. The van der Waals surface area contributed by atoms with E-state index >= 15 is 0 Å². The first-order valence-electron chi connectivity index (χ1n) is 11.7. The highest BCUT2D eigenvalue weighted by atomic mass is 79.9. The standard InChI is InChI=1S/C23H49N.BrH/c1-3-5-7-9-11-13-14-15-17-19-21-23-24-22-20-18-16-12-10-8-6-4-2;/h24H,3-23H2,1-2H3;1H. The van der Waals surface area contributed by atoms with Crippen LogP contribution in [0.1, 0.15) is 136 Å². The minimum absolute atomic E-state index is 0. The third kappa shape index (κ3) is 26.8. The van der Waals surface area contributed by atoms with Crippen LogP contribution in [-0.2, 0) is 0 Å². The molecule has 154 valence electrons. The second kappa shape index (κ2) is 26.7. The van der Waals surface area contributed by atoms with E-state index in [0.29, 0.717) is 0 Å². The lowest BCUT2D eigenvalue weighted by Crippen LogP contribution is -3.00. The van der Waals surface area contributed by atoms with Gasteiger partial charge in [0.1, 0.15) is 0 Å². The second-order valence-corrected chi connectivity index (χ2v) is 7.88. The van der Waals surface area contributed by atoms with Crippen LogP contribution in [0.2, 0.25) is 0 Å². The van der Waals surface area contributed by atoms with Gasteiger partial charge in [0, 0.05) is 0 Å². The Kier molecular flexibility index (Phi) is 29.5. The Morgan fingerprint density at radius 3 is 0.880 bits per heavy atom. The first kappa shape index (κ1) is 27.7. The molecule has 0 aromatic rings. The Balaban J connectivity index is 0. The molecule has 0 atom stereocenters. The van der Waals surface area contributed by atoms with Crippen molar-refractivity contribution in [1.82, 2.24) is 0 Å². The van der Waals surface area contributed by atoms with Crippen molar-refractivity contribution in [1.29, 1.82) is 0 Å². The predicted molar refractivity (Wildman–Crippen MR) is 111 cm³/mol. The molecular formula is C23H50BrN. The van der Waals surface area contributed by atoms with Crippen LogP contribution in [0, 0.1) is 0 Å². The van der Waals surface area contributed by atoms with Gasteiger partial charge in [-0.2, -0.15) is 0 Å². The van der Waals surface area contributed by atoms with Gasteiger partial charge in [0.25, 0.3) is 0 Å². The van der Waals surface area contributed by atoms with E-state index < -0.39 is 0 Å². The van der Waals surface area contributed by atoms with Gasteiger partial charge >= 0.3 is 0 Å². The van der Waals surface area contributed by atoms with E-state index in [0.717, 1.165) is 0 Å². The molecule has 0 aliphatic carbocycles. The van der Waals surface area contributed by atoms with E-state index in [-0.39, 0.29) is 17.0 Å². The molecule has 0 radical (unpaired) electrons. The minimum Gasteiger partial charge on any atom is -1.00 e. The van der Waals surface area contributed by atoms with Crippen molar-refractivity contribution in [2.75, 3.05) is 13.1 Å². The molecule has 0 rings (SSSR count). The number of rotatable bonds is 21. The molecule has 0 saturated carbocycles. The lowest BCUT2D eigenvalue weighted by molar-refractivity contribution is -0.655. The maximum Gasteiger partial charge on any atom is 0.0755 e. The van der Waals surface area contributed by atoms with E-state index in [9.17, 15) is 0 Å². The molecule has 0 bridgehead atoms. The Morgan fingerprint density at radius 2 is 0.600 bits per heavy atom. The van der Waals surface area contributed by atoms with Crippen LogP contribution >= 0.6 is 0 Å². The van der Waals surface area contributed by atoms with Gasteiger partial charge in [-0.15, -0.1) is 0 Å². The van der Waals surface area contributed by atoms with Gasteiger partial charge in [0.2, 0.25) is 0 Å². The van der Waals surface area contributed by atoms with Crippen molar-refractivity contribution in [2.24, 2.45) is 0 Å². The largest absolute Gasteiger partial charge is 1.00 e. The highest BCUT2D eigenvalue weighted by molar-refractivity contribution is 4.48. The highest BCUT2D eigenvalue weighted by Crippen LogP contribution is 2.11. The lowest BCUT2D eigenvalue weighted by Gasteiger charge is -2.04. The summed E-state index contributed by atoms with van der Waals surface area (Å²) in [7, 11) is 0. The first-order valence-corrected chi connectivity index (χ1v) is 11.7. The zero-order valence-electron chi connectivity index (χ0n) is 17.8. The molecule has 0 saturated heterocycles. The summed E-state index contributed by atoms with van der Waals surface area (Å²) in [5.74, 6) is 0. The maximum atomic E-state index is 2.56. The zero-order chi connectivity index (χ0) is 17.6. The third-order valence-corrected chi connectivity index (χ3v) is 5.27. The van der Waals surface area contributed by atoms with Crippen LogP contribution in [-0.4, -0.2) is 13.1 Å². The number of unbranched alkanes of at least 4 members (excludes halogenated alkanes) is 17. The second-order valence-electron chi connectivity index (χ2n) is 7.88. The fourth-order valence-electron chi connectivity index (χ4n) is 3.52. The normalized spacial score (nSPS) is 10.8. The molecule has 0 heterocycles. The minimum atomic E-state index is 0. The first-order chi connectivity index (χ1) is 11.9. The molecule has 0 unspecified atom stereocenters. The van der Waals surface area contributed by atoms with Crippen LogP contribution in [0.15, 0.2) is 0 Å². The number of hydrogen-bond acceptors (Lipinski definition) is 0. The Bertz CT molecular complexity index is 186. The summed E-state index contributed by atoms with van der Waals surface area (Å²) in [6.45, 7) is 7.33. The van der Waals surface area contributed by atoms with Crippen molar-refractivity contribution in [3.8, 4) is 0 Å². The fraction of sp³-hybridized carbons (Fsp3) is 1.00. The summed E-state index contributed by atoms with van der Waals surface area (Å²) >= 11 is 0. The van der Waals surface area contributed by atoms with Gasteiger partial charge in [0.15, 0.2) is 0 Å². The number of halogens is 1. The molecule has 25 heavy (non-hydrogen) atoms. The van der Waals surface area contributed by atoms with E-state index in [2.05, 4.69) is 19.2 Å². The Hall–Kier alpha value is 0.440. The smallest absolute Gasteiger partial charge is 0.0755 e. The SMILES string of the molecule is CCCCCCCCCCCCC[NH2+]CCCCCCCCCC.[Br-]. The average Bonchev–Trinajstić information content (AvgIpc) is 2.60. The van der Waals surface area contributed by atoms with Crippen molar-refractivity contribution in [3.63, 3.8) is 0 Å². The van der Waals surface area contributed by atoms with Crippen molar-refractivity contribution < 1.29 is 22.3 Å². The van der Waals surface area contributed by atoms with E-state index in [1.165, 1.54) is 135 Å². The molecule has 0 aliphatic heterocycles. The van der Waals surface area contributed by atoms with Gasteiger partial charge in [0.05, 0.1) is 13.1 Å². The van der Waals surface area contributed by atoms with Crippen molar-refractivity contribution >= 4 is 0 Å². The molecule has 0 aliphatic rings. The summed E-state index contributed by atoms with van der Waals surface area (Å²) in [4.78, 5) is 0. The molecule has 0 fully saturated rings. The molecule has 2 heteroatoms. The van der Waals surface area contributed by atoms with Crippen LogP contribution in [0.25, 0.3) is 0 Å². The van der Waals surface area contributed by atoms with Gasteiger partial charge in [-0.05, 0) is 25.7 Å². The van der Waals surface area contributed by atoms with Gasteiger partial charge in [-0.1, -0.05) is 110 Å². The Morgan fingerprint density at radius 1 is 0.360 bits per heavy atom. The summed E-state index contributed by atoms with van der Waals surface area (Å²) in [6, 6.07) is 0. The summed E-state index contributed by atoms with van der Waals surface area (Å²) in [6.07, 6.45) is 27.6. The highest BCUT2D eigenvalue weighted by Gasteiger charge is 1.96. The maximum absolute atomic E-state index is 2.56. The summed E-state index contributed by atoms with van der Waals surface area (Å²) in [5.41, 5.74) is 0. The van der Waals surface area contributed by atoms with E-state index in [1.807, 2.05) is 0 Å². The number of hydrogen-bond donors (Lipinski definition) is 1. The molecule has 0 amide bonds. The lowest BCUT2D eigenvalue weighted by atomic mass is 10.1. The number of quaternary nitrogens is 1. The summed E-state index contributed by atoms with van der Waals surface area (Å²) < 4.78 is 0. The Labute approximate surface area is 171 Å². The van der Waals surface area contributed by atoms with Crippen molar-refractivity contribution in [2.45, 2.75) is 136 Å². The third-order valence-electron chi connectivity index (χ3n) is 5.27. The van der Waals surface area contributed by atoms with Gasteiger partial charge in [-0.3, -0.25) is 0 Å². The van der Waals surface area contributed by atoms with Crippen LogP contribution < -0.4 is 22.3 Å². The molecule has 2 N–H and O–H groups in total. The number of nitrogens with two attached hydrogens (primary N) is 1.